The average Bonchev–Trinajstić information content (AvgIpc) is 3.33. The van der Waals surface area contributed by atoms with Crippen molar-refractivity contribution in [1.82, 2.24) is 10.2 Å². The van der Waals surface area contributed by atoms with Crippen LogP contribution >= 0.6 is 0 Å². The van der Waals surface area contributed by atoms with Gasteiger partial charge in [0.05, 0.1) is 5.75 Å². The van der Waals surface area contributed by atoms with E-state index in [1.165, 1.54) is 16.0 Å². The Balaban J connectivity index is 1.22. The normalized spacial score (nSPS) is 20.5. The van der Waals surface area contributed by atoms with E-state index < -0.39 is 22.0 Å². The molecule has 2 aliphatic heterocycles. The maximum atomic E-state index is 12.8. The van der Waals surface area contributed by atoms with Crippen LogP contribution in [-0.4, -0.2) is 42.8 Å². The van der Waals surface area contributed by atoms with Gasteiger partial charge in [-0.3, -0.25) is 24.4 Å². The fourth-order valence-corrected chi connectivity index (χ4v) is 6.28. The van der Waals surface area contributed by atoms with Crippen LogP contribution < -0.4 is 10.0 Å². The molecule has 3 amide bonds. The largest absolute Gasteiger partial charge is 0.322 e. The zero-order valence-corrected chi connectivity index (χ0v) is 18.9. The molecule has 2 heterocycles. The van der Waals surface area contributed by atoms with E-state index >= 15 is 0 Å². The summed E-state index contributed by atoms with van der Waals surface area (Å²) in [4.78, 5) is 37.8. The van der Waals surface area contributed by atoms with E-state index in [9.17, 15) is 22.8 Å². The predicted octanol–water partition coefficient (Wildman–Crippen LogP) is 1.99. The Kier molecular flexibility index (Phi) is 5.44. The van der Waals surface area contributed by atoms with Crippen LogP contribution in [0.5, 0.6) is 0 Å². The first-order valence-electron chi connectivity index (χ1n) is 11.1. The third-order valence-corrected chi connectivity index (χ3v) is 8.05. The van der Waals surface area contributed by atoms with Crippen molar-refractivity contribution in [3.63, 3.8) is 0 Å². The number of benzene rings is 2. The molecule has 5 rings (SSSR count). The number of fused-ring (bicyclic) bond motifs is 2. The number of anilines is 1. The summed E-state index contributed by atoms with van der Waals surface area (Å²) < 4.78 is 28.0. The van der Waals surface area contributed by atoms with Crippen molar-refractivity contribution in [2.75, 3.05) is 10.5 Å². The lowest BCUT2D eigenvalue weighted by molar-refractivity contribution is -0.136. The molecule has 1 saturated heterocycles. The van der Waals surface area contributed by atoms with E-state index in [4.69, 9.17) is 0 Å². The van der Waals surface area contributed by atoms with Crippen molar-refractivity contribution in [2.24, 2.45) is 5.92 Å². The third-order valence-electron chi connectivity index (χ3n) is 6.73. The molecule has 2 aromatic rings. The van der Waals surface area contributed by atoms with E-state index in [1.54, 1.807) is 18.2 Å². The average molecular weight is 468 g/mol. The Morgan fingerprint density at radius 2 is 1.73 bits per heavy atom. The number of nitrogens with one attached hydrogen (secondary N) is 2. The third kappa shape index (κ3) is 4.37. The lowest BCUT2D eigenvalue weighted by Crippen LogP contribution is -2.52. The predicted molar refractivity (Wildman–Crippen MR) is 122 cm³/mol. The molecule has 0 saturated carbocycles. The first kappa shape index (κ1) is 21.6. The van der Waals surface area contributed by atoms with Crippen LogP contribution in [0.25, 0.3) is 0 Å². The number of nitrogens with zero attached hydrogens (tertiary/aromatic N) is 1. The topological polar surface area (TPSA) is 113 Å². The molecule has 172 valence electrons. The van der Waals surface area contributed by atoms with Crippen LogP contribution in [0.1, 0.15) is 46.3 Å². The standard InChI is InChI=1S/C24H25N3O5S/c28-22-8-7-21(23(29)25-22)27-14-18-13-19(5-6-20(18)24(27)30)26-33(31,32)10-9-15-11-16-3-1-2-4-17(16)12-15/h1-6,13,15,21,26H,7-12,14H2,(H,25,28,29). The molecule has 0 aromatic heterocycles. The second kappa shape index (κ2) is 8.30. The number of rotatable bonds is 6. The first-order valence-corrected chi connectivity index (χ1v) is 12.8. The first-order chi connectivity index (χ1) is 15.8. The quantitative estimate of drug-likeness (QED) is 0.631. The number of hydrogen-bond donors (Lipinski definition) is 2. The molecule has 8 nitrogen and oxygen atoms in total. The molecule has 0 bridgehead atoms. The van der Waals surface area contributed by atoms with Gasteiger partial charge in [-0.05, 0) is 66.5 Å². The number of hydrogen-bond acceptors (Lipinski definition) is 5. The molecule has 9 heteroatoms. The van der Waals surface area contributed by atoms with Crippen molar-refractivity contribution < 1.29 is 22.8 Å². The molecule has 1 atom stereocenters. The van der Waals surface area contributed by atoms with Crippen LogP contribution in [0.2, 0.25) is 0 Å². The minimum Gasteiger partial charge on any atom is -0.322 e. The van der Waals surface area contributed by atoms with Gasteiger partial charge in [-0.2, -0.15) is 0 Å². The van der Waals surface area contributed by atoms with Crippen molar-refractivity contribution in [1.29, 1.82) is 0 Å². The number of piperidine rings is 1. The summed E-state index contributed by atoms with van der Waals surface area (Å²) in [5.41, 5.74) is 4.12. The Morgan fingerprint density at radius 3 is 2.42 bits per heavy atom. The van der Waals surface area contributed by atoms with Crippen molar-refractivity contribution in [2.45, 2.75) is 44.7 Å². The van der Waals surface area contributed by atoms with Gasteiger partial charge in [0.25, 0.3) is 5.91 Å². The summed E-state index contributed by atoms with van der Waals surface area (Å²) >= 11 is 0. The van der Waals surface area contributed by atoms with Crippen LogP contribution in [0.15, 0.2) is 42.5 Å². The molecule has 2 N–H and O–H groups in total. The Bertz CT molecular complexity index is 1230. The summed E-state index contributed by atoms with van der Waals surface area (Å²) in [6.07, 6.45) is 2.87. The fourth-order valence-electron chi connectivity index (χ4n) is 5.04. The van der Waals surface area contributed by atoms with E-state index in [-0.39, 0.29) is 37.0 Å². The Hall–Kier alpha value is -3.20. The van der Waals surface area contributed by atoms with E-state index in [0.29, 0.717) is 29.2 Å². The zero-order valence-electron chi connectivity index (χ0n) is 18.0. The molecule has 0 spiro atoms. The highest BCUT2D eigenvalue weighted by Gasteiger charge is 2.39. The molecular formula is C24H25N3O5S. The van der Waals surface area contributed by atoms with Gasteiger partial charge in [-0.15, -0.1) is 0 Å². The van der Waals surface area contributed by atoms with E-state index in [2.05, 4.69) is 22.2 Å². The van der Waals surface area contributed by atoms with Gasteiger partial charge in [0, 0.05) is 24.2 Å². The van der Waals surface area contributed by atoms with Crippen molar-refractivity contribution in [3.8, 4) is 0 Å². The Labute approximate surface area is 192 Å². The van der Waals surface area contributed by atoms with Gasteiger partial charge >= 0.3 is 0 Å². The molecule has 1 aliphatic carbocycles. The Morgan fingerprint density at radius 1 is 1.00 bits per heavy atom. The highest BCUT2D eigenvalue weighted by molar-refractivity contribution is 7.92. The highest BCUT2D eigenvalue weighted by atomic mass is 32.2. The molecule has 3 aliphatic rings. The number of imide groups is 1. The van der Waals surface area contributed by atoms with Crippen LogP contribution in [-0.2, 0) is 39.0 Å². The van der Waals surface area contributed by atoms with Crippen LogP contribution in [0, 0.1) is 5.92 Å². The number of amides is 3. The second-order valence-corrected chi connectivity index (χ2v) is 10.9. The summed E-state index contributed by atoms with van der Waals surface area (Å²) in [6.45, 7) is 0.205. The smallest absolute Gasteiger partial charge is 0.255 e. The maximum Gasteiger partial charge on any atom is 0.255 e. The zero-order chi connectivity index (χ0) is 23.2. The molecular weight excluding hydrogens is 442 g/mol. The highest BCUT2D eigenvalue weighted by Crippen LogP contribution is 2.31. The van der Waals surface area contributed by atoms with E-state index in [0.717, 1.165) is 12.8 Å². The minimum atomic E-state index is -3.54. The van der Waals surface area contributed by atoms with Gasteiger partial charge in [-0.1, -0.05) is 24.3 Å². The lowest BCUT2D eigenvalue weighted by atomic mass is 10.0. The van der Waals surface area contributed by atoms with Crippen molar-refractivity contribution >= 4 is 33.4 Å². The van der Waals surface area contributed by atoms with Gasteiger partial charge in [-0.25, -0.2) is 8.42 Å². The van der Waals surface area contributed by atoms with Gasteiger partial charge in [0.2, 0.25) is 21.8 Å². The molecule has 33 heavy (non-hydrogen) atoms. The number of carbonyl (C=O) groups excluding carboxylic acids is 3. The lowest BCUT2D eigenvalue weighted by Gasteiger charge is -2.29. The van der Waals surface area contributed by atoms with Gasteiger partial charge in [0.15, 0.2) is 0 Å². The van der Waals surface area contributed by atoms with Gasteiger partial charge < -0.3 is 4.90 Å². The molecule has 0 radical (unpaired) electrons. The fraction of sp³-hybridized carbons (Fsp3) is 0.375. The second-order valence-electron chi connectivity index (χ2n) is 9.02. The molecule has 1 fully saturated rings. The van der Waals surface area contributed by atoms with E-state index in [1.807, 2.05) is 12.1 Å². The van der Waals surface area contributed by atoms with Crippen molar-refractivity contribution in [3.05, 3.63) is 64.7 Å². The minimum absolute atomic E-state index is 0.0318. The maximum absolute atomic E-state index is 12.8. The molecule has 2 aromatic carbocycles. The van der Waals surface area contributed by atoms with Crippen LogP contribution in [0.4, 0.5) is 5.69 Å². The van der Waals surface area contributed by atoms with Gasteiger partial charge in [0.1, 0.15) is 6.04 Å². The monoisotopic (exact) mass is 467 g/mol. The van der Waals surface area contributed by atoms with Crippen LogP contribution in [0.3, 0.4) is 0 Å². The summed E-state index contributed by atoms with van der Waals surface area (Å²) in [7, 11) is -3.54. The number of carbonyl (C=O) groups is 3. The number of sulfonamides is 1. The SMILES string of the molecule is O=C1CCC(N2Cc3cc(NS(=O)(=O)CCC4Cc5ccccc5C4)ccc3C2=O)C(=O)N1. The summed E-state index contributed by atoms with van der Waals surface area (Å²) in [6, 6.07) is 12.4. The summed E-state index contributed by atoms with van der Waals surface area (Å²) in [5, 5.41) is 2.28. The summed E-state index contributed by atoms with van der Waals surface area (Å²) in [5.74, 6) is -0.737. The molecule has 1 unspecified atom stereocenters.